The summed E-state index contributed by atoms with van der Waals surface area (Å²) in [5, 5.41) is 12.6. The first kappa shape index (κ1) is 20.6. The number of methoxy groups -OCH3 is 2. The average molecular weight is 355 g/mol. The normalized spacial score (nSPS) is 12.7. The number of hydrogen-bond donors (Lipinski definition) is 2. The van der Waals surface area contributed by atoms with Crippen LogP contribution in [0.4, 0.5) is 4.79 Å². The highest BCUT2D eigenvalue weighted by atomic mass is 16.6. The third kappa shape index (κ3) is 6.15. The molecule has 0 fully saturated rings. The number of alkyl carbamates (subject to hydrolysis) is 1. The standard InChI is InChI=1S/C17H25NO7/c1-5-24-14-10-11(7-8-13(14)22-3)9-12(18-17(21)23-4)15(19)16(20)25-6-2/h7-8,10,12,15,19H,5-6,9H2,1-4H3,(H,18,21). The second-order valence-electron chi connectivity index (χ2n) is 5.06. The molecule has 0 radical (unpaired) electrons. The van der Waals surface area contributed by atoms with E-state index in [1.54, 1.807) is 25.1 Å². The number of ether oxygens (including phenoxy) is 4. The molecule has 0 spiro atoms. The van der Waals surface area contributed by atoms with Crippen molar-refractivity contribution < 1.29 is 33.6 Å². The lowest BCUT2D eigenvalue weighted by atomic mass is 10.0. The summed E-state index contributed by atoms with van der Waals surface area (Å²) in [5.41, 5.74) is 0.731. The minimum absolute atomic E-state index is 0.123. The van der Waals surface area contributed by atoms with Gasteiger partial charge in [0.1, 0.15) is 0 Å². The van der Waals surface area contributed by atoms with E-state index in [-0.39, 0.29) is 13.0 Å². The Bertz CT molecular complexity index is 576. The Hall–Kier alpha value is -2.48. The minimum atomic E-state index is -1.53. The SMILES string of the molecule is CCOC(=O)C(O)C(Cc1ccc(OC)c(OCC)c1)NC(=O)OC. The Morgan fingerprint density at radius 2 is 1.88 bits per heavy atom. The Labute approximate surface area is 147 Å². The lowest BCUT2D eigenvalue weighted by Gasteiger charge is -2.22. The molecule has 1 aromatic rings. The molecular formula is C17H25NO7. The number of esters is 1. The van der Waals surface area contributed by atoms with Crippen molar-refractivity contribution in [2.45, 2.75) is 32.4 Å². The number of carbonyl (C=O) groups excluding carboxylic acids is 2. The molecule has 0 saturated heterocycles. The number of rotatable bonds is 9. The first-order chi connectivity index (χ1) is 12.0. The van der Waals surface area contributed by atoms with Crippen LogP contribution in [0.2, 0.25) is 0 Å². The van der Waals surface area contributed by atoms with Gasteiger partial charge in [-0.15, -0.1) is 0 Å². The molecule has 0 bridgehead atoms. The molecule has 2 atom stereocenters. The molecule has 0 aliphatic heterocycles. The summed E-state index contributed by atoms with van der Waals surface area (Å²) < 4.78 is 20.1. The molecule has 0 heterocycles. The lowest BCUT2D eigenvalue weighted by Crippen LogP contribution is -2.48. The maximum absolute atomic E-state index is 11.8. The van der Waals surface area contributed by atoms with Crippen LogP contribution in [0.25, 0.3) is 0 Å². The summed E-state index contributed by atoms with van der Waals surface area (Å²) in [6.07, 6.45) is -2.12. The number of carbonyl (C=O) groups is 2. The van der Waals surface area contributed by atoms with Gasteiger partial charge in [0, 0.05) is 0 Å². The van der Waals surface area contributed by atoms with E-state index in [9.17, 15) is 14.7 Å². The van der Waals surface area contributed by atoms with Crippen LogP contribution < -0.4 is 14.8 Å². The van der Waals surface area contributed by atoms with Crippen molar-refractivity contribution in [2.75, 3.05) is 27.4 Å². The van der Waals surface area contributed by atoms with Gasteiger partial charge < -0.3 is 29.4 Å². The Morgan fingerprint density at radius 1 is 1.16 bits per heavy atom. The van der Waals surface area contributed by atoms with Crippen LogP contribution in [0, 0.1) is 0 Å². The van der Waals surface area contributed by atoms with Gasteiger partial charge in [-0.3, -0.25) is 0 Å². The van der Waals surface area contributed by atoms with Gasteiger partial charge in [0.05, 0.1) is 33.5 Å². The number of aliphatic hydroxyl groups is 1. The maximum Gasteiger partial charge on any atom is 0.407 e. The smallest absolute Gasteiger partial charge is 0.407 e. The second kappa shape index (κ2) is 10.4. The molecule has 0 aliphatic rings. The van der Waals surface area contributed by atoms with Crippen molar-refractivity contribution in [2.24, 2.45) is 0 Å². The zero-order valence-electron chi connectivity index (χ0n) is 14.9. The molecule has 0 aromatic heterocycles. The van der Waals surface area contributed by atoms with Gasteiger partial charge in [0.2, 0.25) is 0 Å². The van der Waals surface area contributed by atoms with Crippen molar-refractivity contribution in [1.29, 1.82) is 0 Å². The number of nitrogens with one attached hydrogen (secondary N) is 1. The van der Waals surface area contributed by atoms with Crippen molar-refractivity contribution >= 4 is 12.1 Å². The zero-order valence-corrected chi connectivity index (χ0v) is 14.9. The van der Waals surface area contributed by atoms with E-state index in [1.807, 2.05) is 6.92 Å². The van der Waals surface area contributed by atoms with Gasteiger partial charge in [0.15, 0.2) is 17.6 Å². The first-order valence-corrected chi connectivity index (χ1v) is 7.95. The van der Waals surface area contributed by atoms with Crippen LogP contribution in [-0.2, 0) is 20.7 Å². The predicted octanol–water partition coefficient (Wildman–Crippen LogP) is 1.28. The van der Waals surface area contributed by atoms with Gasteiger partial charge in [-0.25, -0.2) is 9.59 Å². The molecule has 2 N–H and O–H groups in total. The van der Waals surface area contributed by atoms with E-state index in [0.717, 1.165) is 5.56 Å². The molecule has 1 aromatic carbocycles. The van der Waals surface area contributed by atoms with Crippen molar-refractivity contribution in [3.05, 3.63) is 23.8 Å². The maximum atomic E-state index is 11.8. The van der Waals surface area contributed by atoms with E-state index >= 15 is 0 Å². The second-order valence-corrected chi connectivity index (χ2v) is 5.06. The number of amides is 1. The Kier molecular flexibility index (Phi) is 8.55. The van der Waals surface area contributed by atoms with Crippen molar-refractivity contribution in [1.82, 2.24) is 5.32 Å². The van der Waals surface area contributed by atoms with Crippen LogP contribution in [0.1, 0.15) is 19.4 Å². The molecule has 8 heteroatoms. The highest BCUT2D eigenvalue weighted by Crippen LogP contribution is 2.28. The topological polar surface area (TPSA) is 103 Å². The first-order valence-electron chi connectivity index (χ1n) is 7.95. The summed E-state index contributed by atoms with van der Waals surface area (Å²) in [4.78, 5) is 23.3. The predicted molar refractivity (Wildman–Crippen MR) is 89.8 cm³/mol. The minimum Gasteiger partial charge on any atom is -0.493 e. The third-order valence-electron chi connectivity index (χ3n) is 3.38. The van der Waals surface area contributed by atoms with Gasteiger partial charge in [0.25, 0.3) is 0 Å². The third-order valence-corrected chi connectivity index (χ3v) is 3.38. The Morgan fingerprint density at radius 3 is 2.44 bits per heavy atom. The quantitative estimate of drug-likeness (QED) is 0.643. The van der Waals surface area contributed by atoms with Crippen molar-refractivity contribution in [3.63, 3.8) is 0 Å². The van der Waals surface area contributed by atoms with Gasteiger partial charge in [-0.1, -0.05) is 6.07 Å². The van der Waals surface area contributed by atoms with E-state index < -0.39 is 24.2 Å². The molecule has 25 heavy (non-hydrogen) atoms. The monoisotopic (exact) mass is 355 g/mol. The van der Waals surface area contributed by atoms with Crippen LogP contribution >= 0.6 is 0 Å². The van der Waals surface area contributed by atoms with E-state index in [0.29, 0.717) is 18.1 Å². The van der Waals surface area contributed by atoms with Crippen LogP contribution in [0.5, 0.6) is 11.5 Å². The number of hydrogen-bond acceptors (Lipinski definition) is 7. The molecule has 8 nitrogen and oxygen atoms in total. The van der Waals surface area contributed by atoms with E-state index in [4.69, 9.17) is 14.2 Å². The fraction of sp³-hybridized carbons (Fsp3) is 0.529. The number of benzene rings is 1. The van der Waals surface area contributed by atoms with Gasteiger partial charge >= 0.3 is 12.1 Å². The lowest BCUT2D eigenvalue weighted by molar-refractivity contribution is -0.154. The van der Waals surface area contributed by atoms with Crippen molar-refractivity contribution in [3.8, 4) is 11.5 Å². The number of aliphatic hydroxyl groups excluding tert-OH is 1. The van der Waals surface area contributed by atoms with Gasteiger partial charge in [-0.2, -0.15) is 0 Å². The summed E-state index contributed by atoms with van der Waals surface area (Å²) >= 11 is 0. The zero-order chi connectivity index (χ0) is 18.8. The summed E-state index contributed by atoms with van der Waals surface area (Å²) in [6, 6.07) is 4.28. The van der Waals surface area contributed by atoms with Crippen LogP contribution in [-0.4, -0.2) is 56.7 Å². The summed E-state index contributed by atoms with van der Waals surface area (Å²) in [6.45, 7) is 4.05. The molecule has 0 aliphatic carbocycles. The molecule has 2 unspecified atom stereocenters. The highest BCUT2D eigenvalue weighted by Gasteiger charge is 2.29. The van der Waals surface area contributed by atoms with Gasteiger partial charge in [-0.05, 0) is 38.0 Å². The highest BCUT2D eigenvalue weighted by molar-refractivity contribution is 5.77. The average Bonchev–Trinajstić information content (AvgIpc) is 2.61. The summed E-state index contributed by atoms with van der Waals surface area (Å²) in [7, 11) is 2.73. The summed E-state index contributed by atoms with van der Waals surface area (Å²) in [5.74, 6) is 0.279. The largest absolute Gasteiger partial charge is 0.493 e. The molecule has 1 rings (SSSR count). The van der Waals surface area contributed by atoms with E-state index in [2.05, 4.69) is 10.1 Å². The molecular weight excluding hydrogens is 330 g/mol. The van der Waals surface area contributed by atoms with Crippen LogP contribution in [0.15, 0.2) is 18.2 Å². The molecule has 0 saturated carbocycles. The fourth-order valence-electron chi connectivity index (χ4n) is 2.21. The molecule has 1 amide bonds. The van der Waals surface area contributed by atoms with Crippen LogP contribution in [0.3, 0.4) is 0 Å². The molecule has 140 valence electrons. The van der Waals surface area contributed by atoms with E-state index in [1.165, 1.54) is 14.2 Å². The fourth-order valence-corrected chi connectivity index (χ4v) is 2.21. The Balaban J connectivity index is 3.01.